The second-order valence-electron chi connectivity index (χ2n) is 4.07. The molecule has 0 atom stereocenters. The molecule has 108 valence electrons. The Labute approximate surface area is 119 Å². The first-order chi connectivity index (χ1) is 10.1. The summed E-state index contributed by atoms with van der Waals surface area (Å²) in [6.45, 7) is 0. The Balaban J connectivity index is 1.97. The van der Waals surface area contributed by atoms with Gasteiger partial charge in [0.2, 0.25) is 0 Å². The van der Waals surface area contributed by atoms with Crippen molar-refractivity contribution in [2.24, 2.45) is 0 Å². The van der Waals surface area contributed by atoms with Gasteiger partial charge in [-0.3, -0.25) is 0 Å². The Morgan fingerprint density at radius 2 is 1.67 bits per heavy atom. The topological polar surface area (TPSA) is 41.1 Å². The molecule has 2 amide bonds. The minimum atomic E-state index is -1.63. The average molecular weight is 292 g/mol. The molecule has 3 nitrogen and oxygen atoms in total. The SMILES string of the molecule is O=C(N/C=C/c1ccccc1)Nc1ccc(F)c(F)c1F. The van der Waals surface area contributed by atoms with E-state index in [4.69, 9.17) is 0 Å². The second-order valence-corrected chi connectivity index (χ2v) is 4.07. The Kier molecular flexibility index (Phi) is 4.61. The summed E-state index contributed by atoms with van der Waals surface area (Å²) < 4.78 is 39.0. The van der Waals surface area contributed by atoms with Crippen LogP contribution in [0.4, 0.5) is 23.7 Å². The molecule has 2 N–H and O–H groups in total. The summed E-state index contributed by atoms with van der Waals surface area (Å²) in [5, 5.41) is 4.41. The molecule has 6 heteroatoms. The predicted octanol–water partition coefficient (Wildman–Crippen LogP) is 3.90. The highest BCUT2D eigenvalue weighted by Crippen LogP contribution is 2.19. The van der Waals surface area contributed by atoms with Crippen LogP contribution in [0.25, 0.3) is 6.08 Å². The number of anilines is 1. The van der Waals surface area contributed by atoms with Gasteiger partial charge in [-0.05, 0) is 23.8 Å². The van der Waals surface area contributed by atoms with Crippen molar-refractivity contribution in [3.05, 3.63) is 71.7 Å². The van der Waals surface area contributed by atoms with Crippen LogP contribution in [-0.2, 0) is 0 Å². The first-order valence-corrected chi connectivity index (χ1v) is 6.00. The molecule has 0 radical (unpaired) electrons. The third-order valence-electron chi connectivity index (χ3n) is 2.57. The Bertz CT molecular complexity index is 672. The lowest BCUT2D eigenvalue weighted by Crippen LogP contribution is -2.24. The third kappa shape index (κ3) is 3.85. The number of hydrogen-bond acceptors (Lipinski definition) is 1. The van der Waals surface area contributed by atoms with E-state index in [1.165, 1.54) is 6.20 Å². The Morgan fingerprint density at radius 1 is 0.952 bits per heavy atom. The molecule has 0 aliphatic rings. The van der Waals surface area contributed by atoms with Gasteiger partial charge in [0.05, 0.1) is 5.69 Å². The summed E-state index contributed by atoms with van der Waals surface area (Å²) in [5.41, 5.74) is 0.413. The van der Waals surface area contributed by atoms with Crippen molar-refractivity contribution in [3.8, 4) is 0 Å². The number of benzene rings is 2. The molecule has 0 aromatic heterocycles. The van der Waals surface area contributed by atoms with Crippen LogP contribution >= 0.6 is 0 Å². The van der Waals surface area contributed by atoms with Crippen molar-refractivity contribution >= 4 is 17.8 Å². The van der Waals surface area contributed by atoms with E-state index in [1.807, 2.05) is 30.3 Å². The van der Waals surface area contributed by atoms with Crippen LogP contribution in [0.5, 0.6) is 0 Å². The van der Waals surface area contributed by atoms with Gasteiger partial charge in [-0.2, -0.15) is 0 Å². The van der Waals surface area contributed by atoms with Gasteiger partial charge in [-0.1, -0.05) is 30.3 Å². The molecule has 2 aromatic rings. The smallest absolute Gasteiger partial charge is 0.314 e. The van der Waals surface area contributed by atoms with Gasteiger partial charge in [-0.15, -0.1) is 0 Å². The van der Waals surface area contributed by atoms with E-state index >= 15 is 0 Å². The van der Waals surface area contributed by atoms with Gasteiger partial charge in [0, 0.05) is 6.20 Å². The maximum absolute atomic E-state index is 13.3. The zero-order valence-electron chi connectivity index (χ0n) is 10.7. The van der Waals surface area contributed by atoms with E-state index in [9.17, 15) is 18.0 Å². The molecule has 0 unspecified atom stereocenters. The van der Waals surface area contributed by atoms with E-state index in [2.05, 4.69) is 10.6 Å². The van der Waals surface area contributed by atoms with Crippen molar-refractivity contribution in [2.45, 2.75) is 0 Å². The van der Waals surface area contributed by atoms with E-state index in [0.717, 1.165) is 17.7 Å². The van der Waals surface area contributed by atoms with E-state index in [-0.39, 0.29) is 0 Å². The minimum Gasteiger partial charge on any atom is -0.314 e. The first kappa shape index (κ1) is 14.6. The number of hydrogen-bond donors (Lipinski definition) is 2. The number of carbonyl (C=O) groups is 1. The molecule has 0 heterocycles. The molecule has 2 aromatic carbocycles. The molecule has 0 fully saturated rings. The van der Waals surface area contributed by atoms with Crippen LogP contribution in [0.1, 0.15) is 5.56 Å². The lowest BCUT2D eigenvalue weighted by molar-refractivity contribution is 0.255. The standard InChI is InChI=1S/C15H11F3N2O/c16-11-6-7-12(14(18)13(11)17)20-15(21)19-9-8-10-4-2-1-3-5-10/h1-9H,(H2,19,20,21)/b9-8+. The summed E-state index contributed by atoms with van der Waals surface area (Å²) in [5.74, 6) is -4.40. The molecule has 0 saturated heterocycles. The molecule has 21 heavy (non-hydrogen) atoms. The zero-order valence-corrected chi connectivity index (χ0v) is 10.7. The number of amides is 2. The molecule has 0 aliphatic heterocycles. The highest BCUT2D eigenvalue weighted by Gasteiger charge is 2.14. The lowest BCUT2D eigenvalue weighted by Gasteiger charge is -2.06. The van der Waals surface area contributed by atoms with E-state index in [0.29, 0.717) is 0 Å². The van der Waals surface area contributed by atoms with Gasteiger partial charge >= 0.3 is 6.03 Å². The van der Waals surface area contributed by atoms with Gasteiger partial charge in [0.15, 0.2) is 17.5 Å². The Morgan fingerprint density at radius 3 is 2.38 bits per heavy atom. The van der Waals surface area contributed by atoms with E-state index < -0.39 is 29.2 Å². The number of urea groups is 1. The zero-order chi connectivity index (χ0) is 15.2. The number of rotatable bonds is 3. The van der Waals surface area contributed by atoms with Crippen LogP contribution in [0.2, 0.25) is 0 Å². The summed E-state index contributed by atoms with van der Waals surface area (Å²) in [7, 11) is 0. The molecule has 0 saturated carbocycles. The predicted molar refractivity (Wildman–Crippen MR) is 73.9 cm³/mol. The number of halogens is 3. The molecule has 0 aliphatic carbocycles. The van der Waals surface area contributed by atoms with Crippen molar-refractivity contribution < 1.29 is 18.0 Å². The highest BCUT2D eigenvalue weighted by atomic mass is 19.2. The largest absolute Gasteiger partial charge is 0.323 e. The number of carbonyl (C=O) groups excluding carboxylic acids is 1. The van der Waals surface area contributed by atoms with Crippen LogP contribution < -0.4 is 10.6 Å². The fraction of sp³-hybridized carbons (Fsp3) is 0. The van der Waals surface area contributed by atoms with Crippen LogP contribution in [0.3, 0.4) is 0 Å². The molecular formula is C15H11F3N2O. The summed E-state index contributed by atoms with van der Waals surface area (Å²) in [6.07, 6.45) is 2.98. The van der Waals surface area contributed by atoms with Gasteiger partial charge in [0.1, 0.15) is 0 Å². The normalized spacial score (nSPS) is 10.6. The second kappa shape index (κ2) is 6.60. The van der Waals surface area contributed by atoms with Gasteiger partial charge < -0.3 is 10.6 Å². The highest BCUT2D eigenvalue weighted by molar-refractivity contribution is 5.90. The lowest BCUT2D eigenvalue weighted by atomic mass is 10.2. The maximum atomic E-state index is 13.3. The first-order valence-electron chi connectivity index (χ1n) is 6.00. The van der Waals surface area contributed by atoms with E-state index in [1.54, 1.807) is 6.08 Å². The fourth-order valence-corrected chi connectivity index (χ4v) is 1.56. The maximum Gasteiger partial charge on any atom is 0.323 e. The van der Waals surface area contributed by atoms with Crippen molar-refractivity contribution in [1.29, 1.82) is 0 Å². The van der Waals surface area contributed by atoms with Gasteiger partial charge in [0.25, 0.3) is 0 Å². The monoisotopic (exact) mass is 292 g/mol. The number of nitrogens with one attached hydrogen (secondary N) is 2. The molecule has 0 spiro atoms. The van der Waals surface area contributed by atoms with Gasteiger partial charge in [-0.25, -0.2) is 18.0 Å². The molecular weight excluding hydrogens is 281 g/mol. The molecule has 2 rings (SSSR count). The summed E-state index contributed by atoms with van der Waals surface area (Å²) in [4.78, 5) is 11.5. The average Bonchev–Trinajstić information content (AvgIpc) is 2.49. The van der Waals surface area contributed by atoms with Crippen LogP contribution in [0, 0.1) is 17.5 Å². The van der Waals surface area contributed by atoms with Crippen LogP contribution in [-0.4, -0.2) is 6.03 Å². The molecule has 0 bridgehead atoms. The van der Waals surface area contributed by atoms with Crippen molar-refractivity contribution in [3.63, 3.8) is 0 Å². The van der Waals surface area contributed by atoms with Crippen molar-refractivity contribution in [2.75, 3.05) is 5.32 Å². The van der Waals surface area contributed by atoms with Crippen LogP contribution in [0.15, 0.2) is 48.7 Å². The van der Waals surface area contributed by atoms with Crippen molar-refractivity contribution in [1.82, 2.24) is 5.32 Å². The summed E-state index contributed by atoms with van der Waals surface area (Å²) >= 11 is 0. The Hall–Kier alpha value is -2.76. The summed E-state index contributed by atoms with van der Waals surface area (Å²) in [6, 6.07) is 10.1. The fourth-order valence-electron chi connectivity index (χ4n) is 1.56. The quantitative estimate of drug-likeness (QED) is 0.828. The minimum absolute atomic E-state index is 0.445. The third-order valence-corrected chi connectivity index (χ3v) is 2.57.